The van der Waals surface area contributed by atoms with E-state index >= 15 is 0 Å². The van der Waals surface area contributed by atoms with Gasteiger partial charge in [0.25, 0.3) is 0 Å². The Morgan fingerprint density at radius 1 is 1.31 bits per heavy atom. The number of hydrogen-bond acceptors (Lipinski definition) is 1. The van der Waals surface area contributed by atoms with Crippen molar-refractivity contribution in [2.45, 2.75) is 18.6 Å². The van der Waals surface area contributed by atoms with E-state index in [9.17, 15) is 17.6 Å². The van der Waals surface area contributed by atoms with Gasteiger partial charge in [-0.1, -0.05) is 23.7 Å². The monoisotopic (exact) mass is 255 g/mol. The predicted octanol–water partition coefficient (Wildman–Crippen LogP) is 3.72. The largest absolute Gasteiger partial charge is 0.417 e. The van der Waals surface area contributed by atoms with Crippen LogP contribution in [0.15, 0.2) is 18.2 Å². The second-order valence-electron chi connectivity index (χ2n) is 3.29. The van der Waals surface area contributed by atoms with Crippen LogP contribution in [0.2, 0.25) is 5.02 Å². The number of rotatable bonds is 3. The Hall–Kier alpha value is -0.810. The third-order valence-corrected chi connectivity index (χ3v) is 2.58. The van der Waals surface area contributed by atoms with Crippen LogP contribution < -0.4 is 5.73 Å². The first-order valence-corrected chi connectivity index (χ1v) is 4.93. The molecule has 0 heterocycles. The molecule has 1 nitrogen and oxygen atoms in total. The van der Waals surface area contributed by atoms with Crippen LogP contribution in [0.4, 0.5) is 17.6 Å². The van der Waals surface area contributed by atoms with Gasteiger partial charge in [0.2, 0.25) is 0 Å². The van der Waals surface area contributed by atoms with Crippen molar-refractivity contribution < 1.29 is 17.6 Å². The molecule has 0 spiro atoms. The third kappa shape index (κ3) is 2.86. The summed E-state index contributed by atoms with van der Waals surface area (Å²) in [5, 5.41) is -0.448. The Labute approximate surface area is 95.2 Å². The molecule has 2 N–H and O–H groups in total. The average molecular weight is 256 g/mol. The van der Waals surface area contributed by atoms with Gasteiger partial charge in [-0.15, -0.1) is 0 Å². The molecular formula is C10H10ClF4N. The second-order valence-corrected chi connectivity index (χ2v) is 3.67. The molecular weight excluding hydrogens is 246 g/mol. The number of alkyl halides is 4. The molecule has 0 unspecified atom stereocenters. The highest BCUT2D eigenvalue weighted by molar-refractivity contribution is 6.32. The van der Waals surface area contributed by atoms with E-state index in [2.05, 4.69) is 0 Å². The maximum Gasteiger partial charge on any atom is 0.417 e. The highest BCUT2D eigenvalue weighted by Gasteiger charge is 2.34. The minimum atomic E-state index is -4.53. The molecule has 0 aromatic heterocycles. The molecule has 0 fully saturated rings. The summed E-state index contributed by atoms with van der Waals surface area (Å²) in [6, 6.07) is 2.63. The van der Waals surface area contributed by atoms with Gasteiger partial charge in [0.1, 0.15) is 0 Å². The molecule has 0 amide bonds. The summed E-state index contributed by atoms with van der Waals surface area (Å²) < 4.78 is 49.5. The molecule has 1 atom stereocenters. The summed E-state index contributed by atoms with van der Waals surface area (Å²) in [4.78, 5) is 0. The highest BCUT2D eigenvalue weighted by Crippen LogP contribution is 2.37. The summed E-state index contributed by atoms with van der Waals surface area (Å²) >= 11 is 5.60. The molecule has 0 saturated heterocycles. The summed E-state index contributed by atoms with van der Waals surface area (Å²) in [6.45, 7) is -0.701. The van der Waals surface area contributed by atoms with Crippen molar-refractivity contribution >= 4 is 11.6 Å². The summed E-state index contributed by atoms with van der Waals surface area (Å²) in [5.74, 6) is 0. The van der Waals surface area contributed by atoms with Gasteiger partial charge >= 0.3 is 6.18 Å². The van der Waals surface area contributed by atoms with Gasteiger partial charge in [0.05, 0.1) is 17.3 Å². The van der Waals surface area contributed by atoms with Crippen LogP contribution in [0, 0.1) is 0 Å². The average Bonchev–Trinajstić information content (AvgIpc) is 2.16. The molecule has 0 saturated carbocycles. The first-order chi connectivity index (χ1) is 7.38. The van der Waals surface area contributed by atoms with E-state index in [-0.39, 0.29) is 12.0 Å². The van der Waals surface area contributed by atoms with Crippen LogP contribution in [-0.4, -0.2) is 6.67 Å². The zero-order valence-electron chi connectivity index (χ0n) is 8.19. The number of nitrogens with two attached hydrogens (primary N) is 1. The molecule has 16 heavy (non-hydrogen) atoms. The molecule has 1 aromatic carbocycles. The summed E-state index contributed by atoms with van der Waals surface area (Å²) in [7, 11) is 0. The molecule has 0 aliphatic heterocycles. The Bertz CT molecular complexity index is 364. The SMILES string of the molecule is N[C@H](CCF)c1cccc(C(F)(F)F)c1Cl. The normalized spacial score (nSPS) is 13.9. The van der Waals surface area contributed by atoms with E-state index in [0.29, 0.717) is 0 Å². The van der Waals surface area contributed by atoms with Crippen molar-refractivity contribution in [1.82, 2.24) is 0 Å². The van der Waals surface area contributed by atoms with E-state index in [0.717, 1.165) is 6.07 Å². The lowest BCUT2D eigenvalue weighted by Crippen LogP contribution is -2.14. The Morgan fingerprint density at radius 3 is 2.44 bits per heavy atom. The van der Waals surface area contributed by atoms with Gasteiger partial charge in [-0.2, -0.15) is 13.2 Å². The standard InChI is InChI=1S/C10H10ClF4N/c11-9-6(8(16)4-5-12)2-1-3-7(9)10(13,14)15/h1-3,8H,4-5,16H2/t8-/m1/s1. The molecule has 6 heteroatoms. The van der Waals surface area contributed by atoms with Gasteiger partial charge in [0.15, 0.2) is 0 Å². The predicted molar refractivity (Wildman–Crippen MR) is 54.0 cm³/mol. The van der Waals surface area contributed by atoms with Crippen molar-refractivity contribution in [2.24, 2.45) is 5.73 Å². The lowest BCUT2D eigenvalue weighted by Gasteiger charge is -2.16. The van der Waals surface area contributed by atoms with Crippen molar-refractivity contribution in [3.8, 4) is 0 Å². The van der Waals surface area contributed by atoms with Crippen molar-refractivity contribution in [1.29, 1.82) is 0 Å². The lowest BCUT2D eigenvalue weighted by molar-refractivity contribution is -0.137. The van der Waals surface area contributed by atoms with E-state index in [1.165, 1.54) is 12.1 Å². The van der Waals surface area contributed by atoms with Crippen LogP contribution in [0.25, 0.3) is 0 Å². The van der Waals surface area contributed by atoms with E-state index in [1.807, 2.05) is 0 Å². The van der Waals surface area contributed by atoms with E-state index in [4.69, 9.17) is 17.3 Å². The summed E-state index contributed by atoms with van der Waals surface area (Å²) in [6.07, 6.45) is -4.58. The van der Waals surface area contributed by atoms with Crippen molar-refractivity contribution in [2.75, 3.05) is 6.67 Å². The second kappa shape index (κ2) is 5.01. The van der Waals surface area contributed by atoms with Gasteiger partial charge < -0.3 is 5.73 Å². The zero-order chi connectivity index (χ0) is 12.3. The van der Waals surface area contributed by atoms with Gasteiger partial charge in [0, 0.05) is 6.04 Å². The Morgan fingerprint density at radius 2 is 1.94 bits per heavy atom. The minimum Gasteiger partial charge on any atom is -0.324 e. The molecule has 1 rings (SSSR count). The highest BCUT2D eigenvalue weighted by atomic mass is 35.5. The quantitative estimate of drug-likeness (QED) is 0.819. The van der Waals surface area contributed by atoms with Crippen LogP contribution in [0.3, 0.4) is 0 Å². The molecule has 0 radical (unpaired) electrons. The van der Waals surface area contributed by atoms with Crippen LogP contribution in [0.5, 0.6) is 0 Å². The maximum atomic E-state index is 12.5. The fourth-order valence-electron chi connectivity index (χ4n) is 1.33. The topological polar surface area (TPSA) is 26.0 Å². The van der Waals surface area contributed by atoms with E-state index in [1.54, 1.807) is 0 Å². The molecule has 90 valence electrons. The molecule has 0 aliphatic carbocycles. The fraction of sp³-hybridized carbons (Fsp3) is 0.400. The first kappa shape index (κ1) is 13.3. The smallest absolute Gasteiger partial charge is 0.324 e. The number of hydrogen-bond donors (Lipinski definition) is 1. The van der Waals surface area contributed by atoms with Gasteiger partial charge in [-0.05, 0) is 18.1 Å². The van der Waals surface area contributed by atoms with Gasteiger partial charge in [-0.25, -0.2) is 0 Å². The molecule has 1 aromatic rings. The van der Waals surface area contributed by atoms with Crippen molar-refractivity contribution in [3.05, 3.63) is 34.3 Å². The number of halogens is 5. The van der Waals surface area contributed by atoms with E-state index < -0.39 is 29.5 Å². The first-order valence-electron chi connectivity index (χ1n) is 4.55. The molecule has 0 aliphatic rings. The molecule has 0 bridgehead atoms. The zero-order valence-corrected chi connectivity index (χ0v) is 8.95. The van der Waals surface area contributed by atoms with Crippen LogP contribution >= 0.6 is 11.6 Å². The third-order valence-electron chi connectivity index (χ3n) is 2.15. The minimum absolute atomic E-state index is 0.0545. The Balaban J connectivity index is 3.14. The Kier molecular flexibility index (Phi) is 4.15. The van der Waals surface area contributed by atoms with Crippen LogP contribution in [-0.2, 0) is 6.18 Å². The van der Waals surface area contributed by atoms with Gasteiger partial charge in [-0.3, -0.25) is 4.39 Å². The van der Waals surface area contributed by atoms with Crippen LogP contribution in [0.1, 0.15) is 23.6 Å². The maximum absolute atomic E-state index is 12.5. The summed E-state index contributed by atoms with van der Waals surface area (Å²) in [5.41, 5.74) is 4.70. The number of benzene rings is 1. The fourth-order valence-corrected chi connectivity index (χ4v) is 1.70. The lowest BCUT2D eigenvalue weighted by atomic mass is 10.0. The van der Waals surface area contributed by atoms with Crippen molar-refractivity contribution in [3.63, 3.8) is 0 Å².